The van der Waals surface area contributed by atoms with Gasteiger partial charge in [0, 0.05) is 36.3 Å². The number of nitrogens with zero attached hydrogens (tertiary/aromatic N) is 3. The third kappa shape index (κ3) is 4.32. The minimum Gasteiger partial charge on any atom is -0.326 e. The van der Waals surface area contributed by atoms with Gasteiger partial charge < -0.3 is 10.3 Å². The number of aromatic nitrogens is 3. The molecule has 0 spiro atoms. The fraction of sp³-hybridized carbons (Fsp3) is 0.520. The van der Waals surface area contributed by atoms with E-state index in [1.54, 1.807) is 0 Å². The van der Waals surface area contributed by atoms with Gasteiger partial charge in [0.2, 0.25) is 0 Å². The largest absolute Gasteiger partial charge is 0.326 e. The summed E-state index contributed by atoms with van der Waals surface area (Å²) in [7, 11) is 0. The summed E-state index contributed by atoms with van der Waals surface area (Å²) in [4.78, 5) is 18.2. The lowest BCUT2D eigenvalue weighted by molar-refractivity contribution is 0.329. The van der Waals surface area contributed by atoms with Crippen LogP contribution in [0.2, 0.25) is 0 Å². The van der Waals surface area contributed by atoms with E-state index in [4.69, 9.17) is 5.10 Å². The molecule has 2 N–H and O–H groups in total. The quantitative estimate of drug-likeness (QED) is 0.607. The zero-order valence-electron chi connectivity index (χ0n) is 18.5. The Balaban J connectivity index is 1.32. The zero-order valence-corrected chi connectivity index (χ0v) is 18.5. The van der Waals surface area contributed by atoms with Crippen LogP contribution in [0.5, 0.6) is 0 Å². The molecular weight excluding hydrogens is 386 g/mol. The molecule has 3 aromatic rings. The molecule has 3 heterocycles. The van der Waals surface area contributed by atoms with E-state index < -0.39 is 0 Å². The summed E-state index contributed by atoms with van der Waals surface area (Å²) in [5.74, 6) is 0. The first-order valence-corrected chi connectivity index (χ1v) is 11.8. The summed E-state index contributed by atoms with van der Waals surface area (Å²) in [6.07, 6.45) is 9.60. The predicted molar refractivity (Wildman–Crippen MR) is 124 cm³/mol. The van der Waals surface area contributed by atoms with Crippen molar-refractivity contribution in [2.75, 3.05) is 13.1 Å². The molecule has 0 bridgehead atoms. The second-order valence-corrected chi connectivity index (χ2v) is 9.25. The van der Waals surface area contributed by atoms with Gasteiger partial charge in [0.15, 0.2) is 0 Å². The van der Waals surface area contributed by atoms with E-state index in [1.165, 1.54) is 55.0 Å². The highest BCUT2D eigenvalue weighted by Gasteiger charge is 2.20. The second kappa shape index (κ2) is 8.97. The summed E-state index contributed by atoms with van der Waals surface area (Å²) in [5.41, 5.74) is 5.47. The van der Waals surface area contributed by atoms with Crippen LogP contribution in [-0.4, -0.2) is 32.8 Å². The highest BCUT2D eigenvalue weighted by atomic mass is 16.1. The maximum Gasteiger partial charge on any atom is 0.252 e. The fourth-order valence-corrected chi connectivity index (χ4v) is 5.35. The highest BCUT2D eigenvalue weighted by molar-refractivity contribution is 5.82. The van der Waals surface area contributed by atoms with Crippen LogP contribution in [-0.2, 0) is 19.6 Å². The standard InChI is InChI=1S/C25H33N5O/c1-18-13-20(17-29-11-4-5-12-29)23(25(31)28-18)15-26-14-19-7-6-10-24-22(19)16-27-30(24)21-8-2-3-9-21/h6-7,10,13,16,21,26H,2-5,8-9,11-12,14-15,17H2,1H3,(H,28,31). The molecule has 1 saturated carbocycles. The van der Waals surface area contributed by atoms with E-state index in [-0.39, 0.29) is 5.56 Å². The smallest absolute Gasteiger partial charge is 0.252 e. The highest BCUT2D eigenvalue weighted by Crippen LogP contribution is 2.32. The van der Waals surface area contributed by atoms with Crippen molar-refractivity contribution in [3.63, 3.8) is 0 Å². The summed E-state index contributed by atoms with van der Waals surface area (Å²) >= 11 is 0. The van der Waals surface area contributed by atoms with Gasteiger partial charge in [0.25, 0.3) is 5.56 Å². The second-order valence-electron chi connectivity index (χ2n) is 9.25. The van der Waals surface area contributed by atoms with Gasteiger partial charge >= 0.3 is 0 Å². The lowest BCUT2D eigenvalue weighted by Gasteiger charge is -2.18. The van der Waals surface area contributed by atoms with Crippen LogP contribution in [0, 0.1) is 6.92 Å². The van der Waals surface area contributed by atoms with Crippen molar-refractivity contribution in [1.29, 1.82) is 0 Å². The molecule has 1 saturated heterocycles. The Kier molecular flexibility index (Phi) is 5.92. The monoisotopic (exact) mass is 419 g/mol. The number of benzene rings is 1. The number of pyridine rings is 1. The summed E-state index contributed by atoms with van der Waals surface area (Å²) in [6.45, 7) is 6.40. The molecule has 31 heavy (non-hydrogen) atoms. The molecule has 164 valence electrons. The predicted octanol–water partition coefficient (Wildman–Crippen LogP) is 4.03. The van der Waals surface area contributed by atoms with Crippen LogP contribution in [0.1, 0.15) is 67.0 Å². The summed E-state index contributed by atoms with van der Waals surface area (Å²) in [6, 6.07) is 9.16. The molecule has 5 rings (SSSR count). The van der Waals surface area contributed by atoms with Gasteiger partial charge in [-0.1, -0.05) is 25.0 Å². The van der Waals surface area contributed by atoms with Crippen LogP contribution in [0.4, 0.5) is 0 Å². The van der Waals surface area contributed by atoms with Gasteiger partial charge in [-0.2, -0.15) is 5.10 Å². The van der Waals surface area contributed by atoms with Crippen molar-refractivity contribution in [1.82, 2.24) is 25.0 Å². The van der Waals surface area contributed by atoms with Gasteiger partial charge in [-0.3, -0.25) is 14.4 Å². The van der Waals surface area contributed by atoms with Crippen molar-refractivity contribution >= 4 is 10.9 Å². The molecule has 2 aromatic heterocycles. The van der Waals surface area contributed by atoms with Gasteiger partial charge in [0.1, 0.15) is 0 Å². The normalized spacial score (nSPS) is 17.8. The number of aromatic amines is 1. The Hall–Kier alpha value is -2.44. The maximum absolute atomic E-state index is 12.7. The Morgan fingerprint density at radius 1 is 1.10 bits per heavy atom. The van der Waals surface area contributed by atoms with Crippen LogP contribution in [0.25, 0.3) is 10.9 Å². The van der Waals surface area contributed by atoms with E-state index >= 15 is 0 Å². The van der Waals surface area contributed by atoms with E-state index in [0.717, 1.165) is 43.0 Å². The number of H-pyrrole nitrogens is 1. The van der Waals surface area contributed by atoms with Gasteiger partial charge in [-0.15, -0.1) is 0 Å². The lowest BCUT2D eigenvalue weighted by atomic mass is 10.1. The topological polar surface area (TPSA) is 66.0 Å². The van der Waals surface area contributed by atoms with E-state index in [9.17, 15) is 4.79 Å². The Morgan fingerprint density at radius 2 is 1.90 bits per heavy atom. The molecule has 0 amide bonds. The third-order valence-corrected chi connectivity index (χ3v) is 6.98. The summed E-state index contributed by atoms with van der Waals surface area (Å²) in [5, 5.41) is 9.49. The first kappa shape index (κ1) is 20.5. The molecule has 2 fully saturated rings. The van der Waals surface area contributed by atoms with Gasteiger partial charge in [-0.05, 0) is 69.0 Å². The van der Waals surface area contributed by atoms with Crippen LogP contribution >= 0.6 is 0 Å². The zero-order chi connectivity index (χ0) is 21.2. The molecule has 6 heteroatoms. The van der Waals surface area contributed by atoms with Gasteiger partial charge in [-0.25, -0.2) is 0 Å². The number of nitrogens with one attached hydrogen (secondary N) is 2. The van der Waals surface area contributed by atoms with Crippen molar-refractivity contribution in [3.05, 3.63) is 63.2 Å². The van der Waals surface area contributed by atoms with Crippen LogP contribution < -0.4 is 10.9 Å². The molecule has 0 unspecified atom stereocenters. The first-order valence-electron chi connectivity index (χ1n) is 11.8. The minimum atomic E-state index is 0.0361. The van der Waals surface area contributed by atoms with Crippen molar-refractivity contribution in [2.24, 2.45) is 0 Å². The molecule has 2 aliphatic rings. The Labute approximate surface area is 183 Å². The number of rotatable bonds is 7. The maximum atomic E-state index is 12.7. The number of hydrogen-bond acceptors (Lipinski definition) is 4. The number of fused-ring (bicyclic) bond motifs is 1. The van der Waals surface area contributed by atoms with E-state index in [1.807, 2.05) is 13.1 Å². The molecule has 6 nitrogen and oxygen atoms in total. The minimum absolute atomic E-state index is 0.0361. The molecule has 1 aliphatic carbocycles. The molecule has 1 aliphatic heterocycles. The average Bonchev–Trinajstić information content (AvgIpc) is 3.51. The van der Waals surface area contributed by atoms with Crippen molar-refractivity contribution in [2.45, 2.75) is 71.1 Å². The van der Waals surface area contributed by atoms with E-state index in [0.29, 0.717) is 12.6 Å². The van der Waals surface area contributed by atoms with Crippen LogP contribution in [0.15, 0.2) is 35.3 Å². The van der Waals surface area contributed by atoms with E-state index in [2.05, 4.69) is 44.1 Å². The SMILES string of the molecule is Cc1cc(CN2CCCC2)c(CNCc2cccc3c2cnn3C2CCCC2)c(=O)[nH]1. The molecule has 0 radical (unpaired) electrons. The average molecular weight is 420 g/mol. The van der Waals surface area contributed by atoms with Crippen LogP contribution in [0.3, 0.4) is 0 Å². The number of hydrogen-bond donors (Lipinski definition) is 2. The van der Waals surface area contributed by atoms with Crippen molar-refractivity contribution < 1.29 is 0 Å². The fourth-order valence-electron chi connectivity index (χ4n) is 5.35. The number of aryl methyl sites for hydroxylation is 1. The van der Waals surface area contributed by atoms with Crippen molar-refractivity contribution in [3.8, 4) is 0 Å². The third-order valence-electron chi connectivity index (χ3n) is 6.98. The lowest BCUT2D eigenvalue weighted by Crippen LogP contribution is -2.27. The summed E-state index contributed by atoms with van der Waals surface area (Å²) < 4.78 is 2.23. The van der Waals surface area contributed by atoms with Gasteiger partial charge in [0.05, 0.1) is 17.8 Å². The molecular formula is C25H33N5O. The Bertz CT molecular complexity index is 1100. The molecule has 0 atom stereocenters. The Morgan fingerprint density at radius 3 is 2.71 bits per heavy atom. The molecule has 1 aromatic carbocycles. The number of likely N-dealkylation sites (tertiary alicyclic amines) is 1. The first-order chi connectivity index (χ1) is 15.2.